The van der Waals surface area contributed by atoms with Gasteiger partial charge in [0.15, 0.2) is 0 Å². The van der Waals surface area contributed by atoms with E-state index in [4.69, 9.17) is 0 Å². The number of aromatic amines is 1. The molecule has 2 heterocycles. The van der Waals surface area contributed by atoms with Gasteiger partial charge in [0.05, 0.1) is 29.4 Å². The number of fused-ring (bicyclic) bond motifs is 1. The normalized spacial score (nSPS) is 12.1. The lowest BCUT2D eigenvalue weighted by Gasteiger charge is -2.03. The first-order chi connectivity index (χ1) is 12.9. The summed E-state index contributed by atoms with van der Waals surface area (Å²) in [4.78, 5) is 12.1. The van der Waals surface area contributed by atoms with Gasteiger partial charge in [-0.1, -0.05) is 48.5 Å². The van der Waals surface area contributed by atoms with Gasteiger partial charge in [0.1, 0.15) is 5.82 Å². The molecule has 0 atom stereocenters. The van der Waals surface area contributed by atoms with E-state index in [2.05, 4.69) is 25.2 Å². The van der Waals surface area contributed by atoms with Crippen molar-refractivity contribution in [1.29, 1.82) is 0 Å². The van der Waals surface area contributed by atoms with E-state index in [1.54, 1.807) is 18.6 Å². The Morgan fingerprint density at radius 3 is 2.62 bits per heavy atom. The second-order valence-corrected chi connectivity index (χ2v) is 5.82. The third kappa shape index (κ3) is 3.72. The summed E-state index contributed by atoms with van der Waals surface area (Å²) in [5.41, 5.74) is 4.76. The lowest BCUT2D eigenvalue weighted by molar-refractivity contribution is 1.08. The summed E-state index contributed by atoms with van der Waals surface area (Å²) in [5, 5.41) is 8.70. The highest BCUT2D eigenvalue weighted by Crippen LogP contribution is 2.13. The number of rotatable bonds is 5. The Morgan fingerprint density at radius 1 is 0.962 bits per heavy atom. The molecule has 0 spiro atoms. The number of benzene rings is 2. The van der Waals surface area contributed by atoms with Gasteiger partial charge in [-0.05, 0) is 23.8 Å². The number of imidazole rings is 1. The summed E-state index contributed by atoms with van der Waals surface area (Å²) in [6.45, 7) is 0. The summed E-state index contributed by atoms with van der Waals surface area (Å²) < 4.78 is 0. The Labute approximate surface area is 151 Å². The maximum absolute atomic E-state index is 4.65. The first-order valence-electron chi connectivity index (χ1n) is 8.37. The molecule has 0 saturated carbocycles. The van der Waals surface area contributed by atoms with E-state index in [0.717, 1.165) is 33.7 Å². The monoisotopic (exact) mass is 339 g/mol. The van der Waals surface area contributed by atoms with Crippen LogP contribution < -0.4 is 0 Å². The van der Waals surface area contributed by atoms with E-state index in [9.17, 15) is 0 Å². The number of para-hydroxylation sites is 2. The first-order valence-corrected chi connectivity index (χ1v) is 8.37. The van der Waals surface area contributed by atoms with Crippen LogP contribution in [0.2, 0.25) is 0 Å². The number of hydrogen-bond acceptors (Lipinski definition) is 4. The average molecular weight is 339 g/mol. The molecule has 0 aliphatic heterocycles. The van der Waals surface area contributed by atoms with Crippen molar-refractivity contribution < 1.29 is 0 Å². The summed E-state index contributed by atoms with van der Waals surface area (Å²) in [5.74, 6) is 0.866. The van der Waals surface area contributed by atoms with E-state index in [1.165, 1.54) is 0 Å². The van der Waals surface area contributed by atoms with Crippen LogP contribution in [-0.2, 0) is 6.42 Å². The van der Waals surface area contributed by atoms with Crippen molar-refractivity contribution in [2.75, 3.05) is 0 Å². The molecule has 26 heavy (non-hydrogen) atoms. The molecule has 0 aliphatic carbocycles. The van der Waals surface area contributed by atoms with Crippen LogP contribution in [0.5, 0.6) is 0 Å². The van der Waals surface area contributed by atoms with Gasteiger partial charge in [0.25, 0.3) is 0 Å². The summed E-state index contributed by atoms with van der Waals surface area (Å²) in [7, 11) is 0. The van der Waals surface area contributed by atoms with Gasteiger partial charge < -0.3 is 4.98 Å². The molecular weight excluding hydrogens is 322 g/mol. The third-order valence-corrected chi connectivity index (χ3v) is 3.95. The molecule has 4 aromatic rings. The number of hydrogen-bond donors (Lipinski definition) is 1. The average Bonchev–Trinajstić information content (AvgIpc) is 3.11. The van der Waals surface area contributed by atoms with E-state index in [0.29, 0.717) is 6.42 Å². The molecule has 2 aromatic heterocycles. The van der Waals surface area contributed by atoms with Crippen molar-refractivity contribution in [1.82, 2.24) is 15.0 Å². The molecule has 0 fully saturated rings. The molecule has 0 saturated heterocycles. The SMILES string of the molecule is C(=N/N=C(\Cc1nc2ccccc2[nH]1)c1ccccc1)/c1cccnc1. The van der Waals surface area contributed by atoms with Crippen molar-refractivity contribution in [3.8, 4) is 0 Å². The largest absolute Gasteiger partial charge is 0.342 e. The topological polar surface area (TPSA) is 66.3 Å². The van der Waals surface area contributed by atoms with E-state index < -0.39 is 0 Å². The Morgan fingerprint density at radius 2 is 1.81 bits per heavy atom. The van der Waals surface area contributed by atoms with Crippen molar-refractivity contribution in [3.05, 3.63) is 96.1 Å². The molecule has 0 amide bonds. The van der Waals surface area contributed by atoms with E-state index >= 15 is 0 Å². The van der Waals surface area contributed by atoms with Gasteiger partial charge in [0.2, 0.25) is 0 Å². The Hall–Kier alpha value is -3.60. The second kappa shape index (κ2) is 7.53. The highest BCUT2D eigenvalue weighted by molar-refractivity contribution is 6.02. The van der Waals surface area contributed by atoms with Crippen LogP contribution in [0.15, 0.2) is 89.3 Å². The molecule has 126 valence electrons. The van der Waals surface area contributed by atoms with E-state index in [1.807, 2.05) is 66.7 Å². The molecule has 0 unspecified atom stereocenters. The van der Waals surface area contributed by atoms with Gasteiger partial charge in [-0.15, -0.1) is 0 Å². The lowest BCUT2D eigenvalue weighted by Crippen LogP contribution is -2.06. The van der Waals surface area contributed by atoms with Crippen molar-refractivity contribution in [3.63, 3.8) is 0 Å². The molecule has 2 aromatic carbocycles. The van der Waals surface area contributed by atoms with Crippen LogP contribution in [0.25, 0.3) is 11.0 Å². The number of aromatic nitrogens is 3. The fraction of sp³-hybridized carbons (Fsp3) is 0.0476. The Bertz CT molecular complexity index is 1020. The van der Waals surface area contributed by atoms with Crippen molar-refractivity contribution >= 4 is 23.0 Å². The van der Waals surface area contributed by atoms with Crippen LogP contribution in [0.1, 0.15) is 17.0 Å². The van der Waals surface area contributed by atoms with Crippen molar-refractivity contribution in [2.24, 2.45) is 10.2 Å². The van der Waals surface area contributed by atoms with Crippen molar-refractivity contribution in [2.45, 2.75) is 6.42 Å². The molecular formula is C21H17N5. The Kier molecular flexibility index (Phi) is 4.60. The van der Waals surface area contributed by atoms with E-state index in [-0.39, 0.29) is 0 Å². The zero-order valence-electron chi connectivity index (χ0n) is 14.1. The molecule has 0 bridgehead atoms. The predicted molar refractivity (Wildman–Crippen MR) is 105 cm³/mol. The number of pyridine rings is 1. The molecule has 5 nitrogen and oxygen atoms in total. The van der Waals surface area contributed by atoms with Crippen LogP contribution >= 0.6 is 0 Å². The summed E-state index contributed by atoms with van der Waals surface area (Å²) >= 11 is 0. The number of nitrogens with zero attached hydrogens (tertiary/aromatic N) is 4. The molecule has 0 radical (unpaired) electrons. The van der Waals surface area contributed by atoms with Gasteiger partial charge >= 0.3 is 0 Å². The van der Waals surface area contributed by atoms with Gasteiger partial charge in [0, 0.05) is 18.0 Å². The summed E-state index contributed by atoms with van der Waals surface area (Å²) in [6, 6.07) is 21.8. The highest BCUT2D eigenvalue weighted by Gasteiger charge is 2.09. The fourth-order valence-electron chi connectivity index (χ4n) is 2.69. The third-order valence-electron chi connectivity index (χ3n) is 3.95. The summed E-state index contributed by atoms with van der Waals surface area (Å²) in [6.07, 6.45) is 5.76. The van der Waals surface area contributed by atoms with Gasteiger partial charge in [-0.25, -0.2) is 4.98 Å². The maximum atomic E-state index is 4.65. The standard InChI is InChI=1S/C21H17N5/c1-2-8-17(9-3-1)20(26-23-15-16-7-6-12-22-14-16)13-21-24-18-10-4-5-11-19(18)25-21/h1-12,14-15H,13H2,(H,24,25)/b23-15-,26-20+. The van der Waals surface area contributed by atoms with Crippen LogP contribution in [0.4, 0.5) is 0 Å². The zero-order valence-corrected chi connectivity index (χ0v) is 14.1. The minimum Gasteiger partial charge on any atom is -0.342 e. The molecule has 1 N–H and O–H groups in total. The number of H-pyrrole nitrogens is 1. The minimum absolute atomic E-state index is 0.572. The fourth-order valence-corrected chi connectivity index (χ4v) is 2.69. The smallest absolute Gasteiger partial charge is 0.113 e. The molecule has 5 heteroatoms. The lowest BCUT2D eigenvalue weighted by atomic mass is 10.1. The van der Waals surface area contributed by atoms with Crippen LogP contribution in [0.3, 0.4) is 0 Å². The highest BCUT2D eigenvalue weighted by atomic mass is 15.2. The molecule has 4 rings (SSSR count). The maximum Gasteiger partial charge on any atom is 0.113 e. The molecule has 0 aliphatic rings. The quantitative estimate of drug-likeness (QED) is 0.441. The van der Waals surface area contributed by atoms with Crippen LogP contribution in [0, 0.1) is 0 Å². The predicted octanol–water partition coefficient (Wildman–Crippen LogP) is 4.02. The Balaban J connectivity index is 1.64. The first kappa shape index (κ1) is 15.9. The number of nitrogens with one attached hydrogen (secondary N) is 1. The minimum atomic E-state index is 0.572. The van der Waals surface area contributed by atoms with Gasteiger partial charge in [-0.2, -0.15) is 10.2 Å². The zero-order chi connectivity index (χ0) is 17.6. The van der Waals surface area contributed by atoms with Crippen LogP contribution in [-0.4, -0.2) is 26.9 Å². The second-order valence-electron chi connectivity index (χ2n) is 5.82. The van der Waals surface area contributed by atoms with Gasteiger partial charge in [-0.3, -0.25) is 4.98 Å².